The molecule has 0 fully saturated rings. The highest BCUT2D eigenvalue weighted by atomic mass is 35.5. The molecule has 0 aliphatic heterocycles. The minimum Gasteiger partial charge on any atom is -0.469 e. The number of carbonyl (C=O) groups is 2. The Bertz CT molecular complexity index is 485. The van der Waals surface area contributed by atoms with Crippen LogP contribution in [0.4, 0.5) is 0 Å². The fraction of sp³-hybridized carbons (Fsp3) is 0.500. The summed E-state index contributed by atoms with van der Waals surface area (Å²) in [5.74, 6) is -0.511. The largest absolute Gasteiger partial charge is 0.469 e. The Hall–Kier alpha value is -1.59. The van der Waals surface area contributed by atoms with Crippen LogP contribution < -0.4 is 11.1 Å². The predicted octanol–water partition coefficient (Wildman–Crippen LogP) is 2.42. The molecule has 0 atom stereocenters. The third-order valence-electron chi connectivity index (χ3n) is 3.89. The summed E-state index contributed by atoms with van der Waals surface area (Å²) in [6.45, 7) is 4.34. The van der Waals surface area contributed by atoms with E-state index in [1.54, 1.807) is 12.1 Å². The summed E-state index contributed by atoms with van der Waals surface area (Å²) < 4.78 is 4.72. The zero-order valence-corrected chi connectivity index (χ0v) is 14.2. The Morgan fingerprint density at radius 3 is 2.14 bits per heavy atom. The van der Waals surface area contributed by atoms with Gasteiger partial charge in [0.25, 0.3) is 5.91 Å². The van der Waals surface area contributed by atoms with Crippen molar-refractivity contribution in [2.75, 3.05) is 7.11 Å². The minimum absolute atomic E-state index is 0. The van der Waals surface area contributed by atoms with Crippen molar-refractivity contribution in [2.45, 2.75) is 45.2 Å². The van der Waals surface area contributed by atoms with E-state index in [9.17, 15) is 9.59 Å². The van der Waals surface area contributed by atoms with Crippen molar-refractivity contribution in [3.63, 3.8) is 0 Å². The zero-order valence-electron chi connectivity index (χ0n) is 13.3. The topological polar surface area (TPSA) is 81.4 Å². The minimum atomic E-state index is -0.573. The van der Waals surface area contributed by atoms with Crippen LogP contribution in [0.3, 0.4) is 0 Å². The van der Waals surface area contributed by atoms with E-state index in [1.165, 1.54) is 7.11 Å². The number of amides is 1. The molecule has 0 spiro atoms. The summed E-state index contributed by atoms with van der Waals surface area (Å²) in [5.41, 5.74) is 6.50. The quantitative estimate of drug-likeness (QED) is 0.753. The molecule has 0 unspecified atom stereocenters. The lowest BCUT2D eigenvalue weighted by Gasteiger charge is -2.32. The predicted molar refractivity (Wildman–Crippen MR) is 89.0 cm³/mol. The maximum atomic E-state index is 12.4. The van der Waals surface area contributed by atoms with Crippen LogP contribution in [0.2, 0.25) is 0 Å². The monoisotopic (exact) mass is 328 g/mol. The molecule has 0 aromatic heterocycles. The highest BCUT2D eigenvalue weighted by molar-refractivity contribution is 5.95. The van der Waals surface area contributed by atoms with Crippen molar-refractivity contribution < 1.29 is 14.3 Å². The second kappa shape index (κ2) is 9.43. The third-order valence-corrected chi connectivity index (χ3v) is 3.89. The van der Waals surface area contributed by atoms with E-state index in [-0.39, 0.29) is 30.7 Å². The molecular formula is C16H25ClN2O3. The molecule has 5 nitrogen and oxygen atoms in total. The van der Waals surface area contributed by atoms with Crippen LogP contribution in [0.25, 0.3) is 0 Å². The number of halogens is 1. The number of nitrogens with one attached hydrogen (secondary N) is 1. The maximum absolute atomic E-state index is 12.4. The van der Waals surface area contributed by atoms with Crippen molar-refractivity contribution in [1.82, 2.24) is 5.32 Å². The lowest BCUT2D eigenvalue weighted by Crippen LogP contribution is -2.49. The molecule has 0 radical (unpaired) electrons. The summed E-state index contributed by atoms with van der Waals surface area (Å²) in [6.07, 6.45) is 1.49. The van der Waals surface area contributed by atoms with Crippen molar-refractivity contribution in [1.29, 1.82) is 0 Å². The molecule has 22 heavy (non-hydrogen) atoms. The Morgan fingerprint density at radius 1 is 1.18 bits per heavy atom. The fourth-order valence-corrected chi connectivity index (χ4v) is 2.17. The number of carbonyl (C=O) groups excluding carboxylic acids is 2. The number of hydrogen-bond acceptors (Lipinski definition) is 4. The Balaban J connectivity index is 0.00000441. The van der Waals surface area contributed by atoms with Crippen molar-refractivity contribution >= 4 is 24.3 Å². The normalized spacial score (nSPS) is 10.5. The van der Waals surface area contributed by atoms with Crippen molar-refractivity contribution in [3.8, 4) is 0 Å². The first-order chi connectivity index (χ1) is 10.00. The van der Waals surface area contributed by atoms with Gasteiger partial charge < -0.3 is 15.8 Å². The summed E-state index contributed by atoms with van der Waals surface area (Å²) >= 11 is 0. The summed E-state index contributed by atoms with van der Waals surface area (Å²) in [5, 5.41) is 2.98. The molecule has 0 saturated heterocycles. The van der Waals surface area contributed by atoms with Crippen molar-refractivity contribution in [3.05, 3.63) is 35.4 Å². The molecule has 0 aliphatic carbocycles. The maximum Gasteiger partial charge on any atom is 0.307 e. The standard InChI is InChI=1S/C16H24N2O3.ClH/c1-4-16(5-2,10-14(19)21-3)18-15(20)13-8-6-12(11-17)7-9-13;/h6-9H,4-5,10-11,17H2,1-3H3,(H,18,20);1H. The Labute approximate surface area is 138 Å². The molecule has 1 aromatic rings. The first-order valence-corrected chi connectivity index (χ1v) is 7.18. The molecule has 0 aliphatic rings. The Kier molecular flexibility index (Phi) is 8.75. The molecule has 3 N–H and O–H groups in total. The number of rotatable bonds is 7. The van der Waals surface area contributed by atoms with Gasteiger partial charge in [0, 0.05) is 12.1 Å². The molecular weight excluding hydrogens is 304 g/mol. The first kappa shape index (κ1) is 20.4. The van der Waals surface area contributed by atoms with Gasteiger partial charge >= 0.3 is 5.97 Å². The van der Waals surface area contributed by atoms with Crippen LogP contribution in [0, 0.1) is 0 Å². The van der Waals surface area contributed by atoms with Gasteiger partial charge in [-0.25, -0.2) is 0 Å². The second-order valence-electron chi connectivity index (χ2n) is 5.10. The summed E-state index contributed by atoms with van der Waals surface area (Å²) in [6, 6.07) is 7.14. The van der Waals surface area contributed by atoms with E-state index in [0.717, 1.165) is 5.56 Å². The highest BCUT2D eigenvalue weighted by Crippen LogP contribution is 2.21. The summed E-state index contributed by atoms with van der Waals surface area (Å²) in [4.78, 5) is 23.9. The molecule has 1 amide bonds. The molecule has 1 aromatic carbocycles. The van der Waals surface area contributed by atoms with Gasteiger partial charge in [-0.05, 0) is 30.5 Å². The number of nitrogens with two attached hydrogens (primary N) is 1. The average molecular weight is 329 g/mol. The molecule has 124 valence electrons. The molecule has 0 saturated carbocycles. The molecule has 1 rings (SSSR count). The van der Waals surface area contributed by atoms with Gasteiger partial charge in [0.15, 0.2) is 0 Å². The van der Waals surface area contributed by atoms with Crippen LogP contribution in [-0.2, 0) is 16.1 Å². The van der Waals surface area contributed by atoms with Gasteiger partial charge in [-0.1, -0.05) is 26.0 Å². The average Bonchev–Trinajstić information content (AvgIpc) is 2.53. The number of hydrogen-bond donors (Lipinski definition) is 2. The molecule has 6 heteroatoms. The lowest BCUT2D eigenvalue weighted by atomic mass is 9.88. The summed E-state index contributed by atoms with van der Waals surface area (Å²) in [7, 11) is 1.35. The number of esters is 1. The molecule has 0 bridgehead atoms. The Morgan fingerprint density at radius 2 is 1.73 bits per heavy atom. The van der Waals surface area contributed by atoms with E-state index >= 15 is 0 Å². The third kappa shape index (κ3) is 5.31. The SMILES string of the molecule is CCC(CC)(CC(=O)OC)NC(=O)c1ccc(CN)cc1.Cl. The lowest BCUT2D eigenvalue weighted by molar-refractivity contribution is -0.142. The van der Waals surface area contributed by atoms with E-state index in [0.29, 0.717) is 24.9 Å². The number of ether oxygens (including phenoxy) is 1. The van der Waals surface area contributed by atoms with Gasteiger partial charge in [-0.2, -0.15) is 0 Å². The molecule has 0 heterocycles. The van der Waals surface area contributed by atoms with Gasteiger partial charge in [0.1, 0.15) is 0 Å². The highest BCUT2D eigenvalue weighted by Gasteiger charge is 2.31. The van der Waals surface area contributed by atoms with E-state index < -0.39 is 5.54 Å². The first-order valence-electron chi connectivity index (χ1n) is 7.18. The van der Waals surface area contributed by atoms with Crippen LogP contribution in [0.1, 0.15) is 49.0 Å². The van der Waals surface area contributed by atoms with Gasteiger partial charge in [0.05, 0.1) is 19.1 Å². The van der Waals surface area contributed by atoms with E-state index in [2.05, 4.69) is 5.32 Å². The number of benzene rings is 1. The van der Waals surface area contributed by atoms with Crippen LogP contribution in [0.15, 0.2) is 24.3 Å². The smallest absolute Gasteiger partial charge is 0.307 e. The zero-order chi connectivity index (χ0) is 15.9. The van der Waals surface area contributed by atoms with E-state index in [4.69, 9.17) is 10.5 Å². The fourth-order valence-electron chi connectivity index (χ4n) is 2.17. The van der Waals surface area contributed by atoms with Gasteiger partial charge in [0.2, 0.25) is 0 Å². The van der Waals surface area contributed by atoms with Crippen LogP contribution in [0.5, 0.6) is 0 Å². The second-order valence-corrected chi connectivity index (χ2v) is 5.10. The number of methoxy groups -OCH3 is 1. The van der Waals surface area contributed by atoms with Gasteiger partial charge in [-0.3, -0.25) is 9.59 Å². The van der Waals surface area contributed by atoms with Crippen LogP contribution >= 0.6 is 12.4 Å². The van der Waals surface area contributed by atoms with Gasteiger partial charge in [-0.15, -0.1) is 12.4 Å². The van der Waals surface area contributed by atoms with Crippen molar-refractivity contribution in [2.24, 2.45) is 5.73 Å². The van der Waals surface area contributed by atoms with E-state index in [1.807, 2.05) is 26.0 Å². The van der Waals surface area contributed by atoms with Crippen LogP contribution in [-0.4, -0.2) is 24.5 Å².